The molecule has 0 aliphatic carbocycles. The Balaban J connectivity index is 0.000000122. The van der Waals surface area contributed by atoms with Gasteiger partial charge in [-0.25, -0.2) is 29.9 Å². The molecule has 0 aliphatic rings. The number of benzene rings is 16. The van der Waals surface area contributed by atoms with Gasteiger partial charge in [0.2, 0.25) is 0 Å². The third kappa shape index (κ3) is 13.7. The highest BCUT2D eigenvalue weighted by Crippen LogP contribution is 2.45. The lowest BCUT2D eigenvalue weighted by Crippen LogP contribution is -1.94. The van der Waals surface area contributed by atoms with Gasteiger partial charge >= 0.3 is 0 Å². The van der Waals surface area contributed by atoms with Crippen molar-refractivity contribution in [3.05, 3.63) is 368 Å². The van der Waals surface area contributed by atoms with Gasteiger partial charge in [-0.3, -0.25) is 0 Å². The predicted octanol–water partition coefficient (Wildman–Crippen LogP) is 30.9. The smallest absolute Gasteiger partial charge is 0.124 e. The molecule has 1 N–H and O–H groups in total. The van der Waals surface area contributed by atoms with Crippen molar-refractivity contribution >= 4 is 189 Å². The van der Waals surface area contributed by atoms with Crippen molar-refractivity contribution in [3.8, 4) is 114 Å². The van der Waals surface area contributed by atoms with Crippen LogP contribution in [0.5, 0.6) is 0 Å². The molecule has 0 radical (unpaired) electrons. The molecule has 8 nitrogen and oxygen atoms in total. The second kappa shape index (κ2) is 30.0. The number of fused-ring (bicyclic) bond motifs is 12. The van der Waals surface area contributed by atoms with Gasteiger partial charge in [-0.1, -0.05) is 198 Å². The zero-order chi connectivity index (χ0) is 77.4. The monoisotopic (exact) mass is 1670 g/mol. The van der Waals surface area contributed by atoms with Gasteiger partial charge in [0, 0.05) is 76.1 Å². The van der Waals surface area contributed by atoms with Gasteiger partial charge in [0.25, 0.3) is 0 Å². The van der Waals surface area contributed by atoms with Crippen molar-refractivity contribution in [3.63, 3.8) is 0 Å². The first kappa shape index (κ1) is 70.6. The van der Waals surface area contributed by atoms with E-state index in [-0.39, 0.29) is 0 Å². The summed E-state index contributed by atoms with van der Waals surface area (Å²) in [7, 11) is 0. The van der Waals surface area contributed by atoms with E-state index in [1.807, 2.05) is 36.4 Å². The molecule has 0 atom stereocenters. The van der Waals surface area contributed by atoms with E-state index >= 15 is 0 Å². The Morgan fingerprint density at radius 3 is 0.812 bits per heavy atom. The molecular weight excluding hydrogens is 1610 g/mol. The molecule has 552 valence electrons. The molecule has 0 saturated heterocycles. The number of hydrogen-bond donors (Lipinski definition) is 1. The largest absolute Gasteiger partial charge is 0.355 e. The molecule has 0 bridgehead atoms. The van der Waals surface area contributed by atoms with Crippen LogP contribution in [0.2, 0.25) is 0 Å². The van der Waals surface area contributed by atoms with E-state index in [9.17, 15) is 0 Å². The zero-order valence-electron chi connectivity index (χ0n) is 62.1. The number of thiazole rings is 6. The van der Waals surface area contributed by atoms with Crippen molar-refractivity contribution < 1.29 is 0 Å². The highest BCUT2D eigenvalue weighted by Gasteiger charge is 2.21. The zero-order valence-corrected chi connectivity index (χ0v) is 68.6. The van der Waals surface area contributed by atoms with E-state index in [0.717, 1.165) is 123 Å². The Kier molecular flexibility index (Phi) is 18.1. The normalized spacial score (nSPS) is 11.6. The summed E-state index contributed by atoms with van der Waals surface area (Å²) in [5.74, 6) is 0. The third-order valence-corrected chi connectivity index (χ3v) is 28.4. The van der Waals surface area contributed by atoms with Crippen molar-refractivity contribution in [2.45, 2.75) is 0 Å². The lowest BCUT2D eigenvalue weighted by molar-refractivity contribution is 1.18. The van der Waals surface area contributed by atoms with Crippen LogP contribution in [0.4, 0.5) is 0 Å². The van der Waals surface area contributed by atoms with Crippen LogP contribution in [-0.4, -0.2) is 39.5 Å². The first-order chi connectivity index (χ1) is 57.8. The van der Waals surface area contributed by atoms with Crippen LogP contribution in [0.3, 0.4) is 0 Å². The number of halogens is 1. The fourth-order valence-electron chi connectivity index (χ4n) is 15.5. The summed E-state index contributed by atoms with van der Waals surface area (Å²) in [5, 5.41) is 11.0. The van der Waals surface area contributed by atoms with Crippen LogP contribution in [0.25, 0.3) is 219 Å². The van der Waals surface area contributed by atoms with E-state index in [4.69, 9.17) is 24.9 Å². The van der Waals surface area contributed by atoms with Crippen LogP contribution in [0.15, 0.2) is 368 Å². The van der Waals surface area contributed by atoms with Crippen LogP contribution in [0.1, 0.15) is 0 Å². The molecule has 24 rings (SSSR count). The van der Waals surface area contributed by atoms with Gasteiger partial charge in [-0.15, -0.1) is 68.0 Å². The SMILES string of the molecule is Brc1ccc(-c2nc3ccccc3s2)cc1.c1ccc(-c2ccc3nc(-c4ccc5[nH]c6ccc(-c7nc8ccc(-c9ccccc9)cc8s7)cc6c5c4)sc3c2)cc1.c1ccc(-c2ccc3nc(-c4ccc5c(c4)c4cc(-c6nc7ccc(-c8ccccc8)cc7s6)ccc4n5-c4ccc(-c5nc6ccccc6s5)cc4)sc3c2)cc1. The van der Waals surface area contributed by atoms with E-state index in [1.165, 1.54) is 99.8 Å². The molecule has 15 heteroatoms. The maximum absolute atomic E-state index is 5.14. The van der Waals surface area contributed by atoms with Crippen LogP contribution < -0.4 is 0 Å². The first-order valence-corrected chi connectivity index (χ1v) is 44.0. The molecule has 8 heterocycles. The predicted molar refractivity (Wildman–Crippen MR) is 504 cm³/mol. The maximum atomic E-state index is 5.14. The van der Waals surface area contributed by atoms with Gasteiger partial charge < -0.3 is 9.55 Å². The van der Waals surface area contributed by atoms with Gasteiger partial charge in [0.1, 0.15) is 30.0 Å². The summed E-state index contributed by atoms with van der Waals surface area (Å²) < 4.78 is 10.7. The minimum Gasteiger partial charge on any atom is -0.355 e. The van der Waals surface area contributed by atoms with Gasteiger partial charge in [-0.05, 0) is 226 Å². The van der Waals surface area contributed by atoms with E-state index in [2.05, 4.69) is 358 Å². The van der Waals surface area contributed by atoms with Crippen molar-refractivity contribution in [2.75, 3.05) is 0 Å². The lowest BCUT2D eigenvalue weighted by Gasteiger charge is -2.09. The number of rotatable bonds is 11. The Hall–Kier alpha value is -13.1. The summed E-state index contributed by atoms with van der Waals surface area (Å²) >= 11 is 13.9. The number of para-hydroxylation sites is 2. The van der Waals surface area contributed by atoms with Crippen molar-refractivity contribution in [2.24, 2.45) is 0 Å². The highest BCUT2D eigenvalue weighted by molar-refractivity contribution is 9.10. The average molecular weight is 1670 g/mol. The summed E-state index contributed by atoms with van der Waals surface area (Å²) in [6, 6.07) is 129. The minimum atomic E-state index is 1.01. The number of nitrogens with zero attached hydrogens (tertiary/aromatic N) is 7. The number of aromatic amines is 1. The second-order valence-corrected chi connectivity index (χ2v) is 35.8. The Labute approximate surface area is 704 Å². The molecule has 16 aromatic carbocycles. The van der Waals surface area contributed by atoms with E-state index in [0.29, 0.717) is 0 Å². The molecule has 0 aliphatic heterocycles. The molecule has 24 aromatic rings. The quantitative estimate of drug-likeness (QED) is 0.139. The maximum Gasteiger partial charge on any atom is 0.124 e. The van der Waals surface area contributed by atoms with Gasteiger partial charge in [0.15, 0.2) is 0 Å². The molecule has 0 saturated carbocycles. The average Bonchev–Trinajstić information content (AvgIpc) is 1.58. The molecule has 0 spiro atoms. The third-order valence-electron chi connectivity index (χ3n) is 21.4. The molecule has 8 aromatic heterocycles. The van der Waals surface area contributed by atoms with E-state index < -0.39 is 0 Å². The Morgan fingerprint density at radius 2 is 0.470 bits per heavy atom. The summed E-state index contributed by atoms with van der Waals surface area (Å²) in [6.07, 6.45) is 0. The topological polar surface area (TPSA) is 98.1 Å². The fourth-order valence-corrected chi connectivity index (χ4v) is 21.7. The fraction of sp³-hybridized carbons (Fsp3) is 0. The standard InChI is InChI=1S/C51H30N4S3.C38H23N3S2.C13H8BrNS/c1-3-9-31(10-4-1)34-17-23-42-47(29-34)57-50(53-42)36-19-25-44-39(27-36)40-28-37(51-54-43-24-18-35(30-48(43)58-51)32-11-5-2-6-12-32)20-26-45(40)55(44)38-21-15-33(16-22-38)49-52-41-13-7-8-14-46(41)56-49;1-3-7-23(8-4-1)25-11-17-33-35(21-25)42-37(40-33)27-13-15-31-29(19-27)30-20-28(14-16-32(30)39-31)38-41-34-18-12-26(22-36(34)43-38)24-9-5-2-6-10-24;14-10-7-5-9(6-8-10)13-15-11-3-1-2-4-12(11)16-13/h1-30H;1-22,39H;1-8H. The Bertz CT molecular complexity index is 7480. The van der Waals surface area contributed by atoms with E-state index in [1.54, 1.807) is 68.0 Å². The van der Waals surface area contributed by atoms with Crippen molar-refractivity contribution in [1.82, 2.24) is 39.5 Å². The molecule has 0 amide bonds. The summed E-state index contributed by atoms with van der Waals surface area (Å²) in [4.78, 5) is 33.4. The van der Waals surface area contributed by atoms with Crippen LogP contribution in [0, 0.1) is 0 Å². The molecule has 0 unspecified atom stereocenters. The van der Waals surface area contributed by atoms with Crippen LogP contribution in [-0.2, 0) is 0 Å². The molecular formula is C102H61BrN8S6. The molecule has 0 fully saturated rings. The summed E-state index contributed by atoms with van der Waals surface area (Å²) in [5.41, 5.74) is 28.3. The lowest BCUT2D eigenvalue weighted by atomic mass is 10.1. The highest BCUT2D eigenvalue weighted by atomic mass is 79.9. The number of aromatic nitrogens is 8. The van der Waals surface area contributed by atoms with Gasteiger partial charge in [-0.2, -0.15) is 0 Å². The number of hydrogen-bond acceptors (Lipinski definition) is 12. The minimum absolute atomic E-state index is 1.01. The summed E-state index contributed by atoms with van der Waals surface area (Å²) in [6.45, 7) is 0. The number of H-pyrrole nitrogens is 1. The number of nitrogens with one attached hydrogen (secondary N) is 1. The van der Waals surface area contributed by atoms with Crippen molar-refractivity contribution in [1.29, 1.82) is 0 Å². The second-order valence-electron chi connectivity index (χ2n) is 28.7. The Morgan fingerprint density at radius 1 is 0.205 bits per heavy atom. The molecule has 117 heavy (non-hydrogen) atoms. The van der Waals surface area contributed by atoms with Gasteiger partial charge in [0.05, 0.1) is 72.3 Å². The first-order valence-electron chi connectivity index (χ1n) is 38.3. The van der Waals surface area contributed by atoms with Crippen LogP contribution >= 0.6 is 84.0 Å².